The molecule has 0 spiro atoms. The minimum atomic E-state index is -4.54. The molecule has 2 aromatic rings. The second-order valence-corrected chi connectivity index (χ2v) is 5.21. The lowest BCUT2D eigenvalue weighted by molar-refractivity contribution is -0.189. The molecule has 0 aliphatic heterocycles. The van der Waals surface area contributed by atoms with Gasteiger partial charge < -0.3 is 4.74 Å². The first-order valence-corrected chi connectivity index (χ1v) is 6.93. The Hall–Kier alpha value is -2.15. The number of hydrogen-bond donors (Lipinski definition) is 0. The van der Waals surface area contributed by atoms with E-state index in [0.29, 0.717) is 10.6 Å². The van der Waals surface area contributed by atoms with Gasteiger partial charge in [0.15, 0.2) is 11.9 Å². The van der Waals surface area contributed by atoms with E-state index in [2.05, 4.69) is 9.97 Å². The summed E-state index contributed by atoms with van der Waals surface area (Å²) in [5.74, 6) is -0.662. The van der Waals surface area contributed by atoms with Crippen LogP contribution in [0, 0.1) is 0 Å². The van der Waals surface area contributed by atoms with Crippen molar-refractivity contribution < 1.29 is 22.7 Å². The van der Waals surface area contributed by atoms with Crippen LogP contribution in [0.5, 0.6) is 5.88 Å². The fourth-order valence-corrected chi connectivity index (χ4v) is 1.79. The average Bonchev–Trinajstić information content (AvgIpc) is 2.47. The number of hydrogen-bond acceptors (Lipinski definition) is 4. The molecule has 8 heteroatoms. The quantitative estimate of drug-likeness (QED) is 0.775. The molecule has 2 rings (SSSR count). The molecule has 1 atom stereocenters. The zero-order valence-corrected chi connectivity index (χ0v) is 12.9. The Morgan fingerprint density at radius 2 is 1.87 bits per heavy atom. The summed E-state index contributed by atoms with van der Waals surface area (Å²) in [4.78, 5) is 19.3. The fourth-order valence-electron chi connectivity index (χ4n) is 1.66. The number of ether oxygens (including phenoxy) is 1. The van der Waals surface area contributed by atoms with Crippen molar-refractivity contribution in [2.75, 3.05) is 0 Å². The molecule has 122 valence electrons. The summed E-state index contributed by atoms with van der Waals surface area (Å²) in [6.45, 7) is 2.15. The van der Waals surface area contributed by atoms with Gasteiger partial charge in [-0.3, -0.25) is 4.79 Å². The molecular weight excluding hydrogens is 333 g/mol. The van der Waals surface area contributed by atoms with Crippen LogP contribution in [-0.4, -0.2) is 28.0 Å². The van der Waals surface area contributed by atoms with E-state index in [1.165, 1.54) is 6.92 Å². The van der Waals surface area contributed by atoms with Crippen LogP contribution in [0.4, 0.5) is 13.2 Å². The number of ketones is 1. The van der Waals surface area contributed by atoms with Crippen molar-refractivity contribution >= 4 is 17.4 Å². The molecule has 23 heavy (non-hydrogen) atoms. The van der Waals surface area contributed by atoms with Crippen LogP contribution in [0.15, 0.2) is 30.5 Å². The molecule has 0 unspecified atom stereocenters. The van der Waals surface area contributed by atoms with E-state index in [1.54, 1.807) is 24.3 Å². The van der Waals surface area contributed by atoms with Gasteiger partial charge in [0.25, 0.3) is 0 Å². The summed E-state index contributed by atoms with van der Waals surface area (Å²) in [5, 5.41) is 0.454. The molecule has 0 saturated heterocycles. The van der Waals surface area contributed by atoms with E-state index in [0.717, 1.165) is 13.1 Å². The Morgan fingerprint density at radius 3 is 2.39 bits per heavy atom. The fraction of sp³-hybridized carbons (Fsp3) is 0.267. The molecule has 0 saturated carbocycles. The van der Waals surface area contributed by atoms with Gasteiger partial charge in [-0.25, -0.2) is 9.97 Å². The smallest absolute Gasteiger partial charge is 0.425 e. The summed E-state index contributed by atoms with van der Waals surface area (Å²) < 4.78 is 42.9. The van der Waals surface area contributed by atoms with Crippen LogP contribution < -0.4 is 4.74 Å². The van der Waals surface area contributed by atoms with Gasteiger partial charge in [-0.05, 0) is 19.1 Å². The zero-order chi connectivity index (χ0) is 17.2. The maximum atomic E-state index is 12.7. The van der Waals surface area contributed by atoms with Gasteiger partial charge in [-0.2, -0.15) is 13.2 Å². The van der Waals surface area contributed by atoms with Gasteiger partial charge >= 0.3 is 6.18 Å². The van der Waals surface area contributed by atoms with Crippen LogP contribution in [-0.2, 0) is 0 Å². The highest BCUT2D eigenvalue weighted by molar-refractivity contribution is 6.30. The third-order valence-electron chi connectivity index (χ3n) is 2.97. The molecule has 0 bridgehead atoms. The highest BCUT2D eigenvalue weighted by atomic mass is 35.5. The summed E-state index contributed by atoms with van der Waals surface area (Å²) in [6.07, 6.45) is -5.52. The van der Waals surface area contributed by atoms with Crippen LogP contribution in [0.25, 0.3) is 11.3 Å². The summed E-state index contributed by atoms with van der Waals surface area (Å²) in [6, 6.07) is 6.22. The van der Waals surface area contributed by atoms with Crippen molar-refractivity contribution in [1.82, 2.24) is 9.97 Å². The third kappa shape index (κ3) is 4.19. The van der Waals surface area contributed by atoms with Crippen LogP contribution in [0.2, 0.25) is 5.02 Å². The predicted molar refractivity (Wildman–Crippen MR) is 78.6 cm³/mol. The van der Waals surface area contributed by atoms with Gasteiger partial charge in [0.05, 0.1) is 6.20 Å². The molecule has 0 N–H and O–H groups in total. The van der Waals surface area contributed by atoms with Crippen LogP contribution in [0.1, 0.15) is 24.3 Å². The van der Waals surface area contributed by atoms with Crippen molar-refractivity contribution in [3.63, 3.8) is 0 Å². The minimum absolute atomic E-state index is 0.0296. The standard InChI is InChI=1S/C15H12ClF3N2O2/c1-8(22)12-7-20-14(23-9(2)15(17,18)19)13(21-12)10-3-5-11(16)6-4-10/h3-7,9H,1-2H3/t9-/m0/s1. The highest BCUT2D eigenvalue weighted by Crippen LogP contribution is 2.31. The van der Waals surface area contributed by atoms with Crippen LogP contribution >= 0.6 is 11.6 Å². The van der Waals surface area contributed by atoms with Gasteiger partial charge in [-0.1, -0.05) is 23.7 Å². The Balaban J connectivity index is 2.49. The van der Waals surface area contributed by atoms with Gasteiger partial charge in [0, 0.05) is 17.5 Å². The van der Waals surface area contributed by atoms with E-state index in [1.807, 2.05) is 0 Å². The lowest BCUT2D eigenvalue weighted by Crippen LogP contribution is -2.31. The van der Waals surface area contributed by atoms with Crippen molar-refractivity contribution in [3.05, 3.63) is 41.2 Å². The first-order chi connectivity index (χ1) is 10.7. The third-order valence-corrected chi connectivity index (χ3v) is 3.22. The number of halogens is 4. The molecule has 1 aromatic heterocycles. The summed E-state index contributed by atoms with van der Waals surface area (Å²) >= 11 is 5.79. The molecule has 0 amide bonds. The number of nitrogens with zero attached hydrogens (tertiary/aromatic N) is 2. The Bertz CT molecular complexity index is 718. The number of rotatable bonds is 4. The number of aromatic nitrogens is 2. The van der Waals surface area contributed by atoms with Gasteiger partial charge in [0.1, 0.15) is 11.4 Å². The van der Waals surface area contributed by atoms with Crippen molar-refractivity contribution in [3.8, 4) is 17.1 Å². The van der Waals surface area contributed by atoms with Crippen LogP contribution in [0.3, 0.4) is 0 Å². The number of carbonyl (C=O) groups is 1. The maximum absolute atomic E-state index is 12.7. The van der Waals surface area contributed by atoms with E-state index in [4.69, 9.17) is 16.3 Å². The second-order valence-electron chi connectivity index (χ2n) is 4.77. The molecule has 1 aromatic carbocycles. The number of carbonyl (C=O) groups excluding carboxylic acids is 1. The monoisotopic (exact) mass is 344 g/mol. The van der Waals surface area contributed by atoms with E-state index in [-0.39, 0.29) is 23.1 Å². The molecule has 1 heterocycles. The first-order valence-electron chi connectivity index (χ1n) is 6.55. The number of Topliss-reactive ketones (excluding diaryl/α,β-unsaturated/α-hetero) is 1. The largest absolute Gasteiger partial charge is 0.463 e. The predicted octanol–water partition coefficient (Wildman–Crippen LogP) is 4.33. The Kier molecular flexibility index (Phi) is 4.89. The topological polar surface area (TPSA) is 52.1 Å². The Morgan fingerprint density at radius 1 is 1.26 bits per heavy atom. The normalized spacial score (nSPS) is 12.8. The first kappa shape index (κ1) is 17.2. The minimum Gasteiger partial charge on any atom is -0.463 e. The lowest BCUT2D eigenvalue weighted by Gasteiger charge is -2.18. The van der Waals surface area contributed by atoms with Crippen molar-refractivity contribution in [2.24, 2.45) is 0 Å². The molecule has 0 aliphatic rings. The second kappa shape index (κ2) is 6.54. The zero-order valence-electron chi connectivity index (χ0n) is 12.2. The summed E-state index contributed by atoms with van der Waals surface area (Å²) in [5.41, 5.74) is 0.516. The van der Waals surface area contributed by atoms with Gasteiger partial charge in [0.2, 0.25) is 5.88 Å². The average molecular weight is 345 g/mol. The maximum Gasteiger partial charge on any atom is 0.425 e. The lowest BCUT2D eigenvalue weighted by atomic mass is 10.1. The molecule has 0 radical (unpaired) electrons. The number of benzene rings is 1. The summed E-state index contributed by atoms with van der Waals surface area (Å²) in [7, 11) is 0. The van der Waals surface area contributed by atoms with E-state index >= 15 is 0 Å². The van der Waals surface area contributed by atoms with Crippen molar-refractivity contribution in [1.29, 1.82) is 0 Å². The van der Waals surface area contributed by atoms with Crippen molar-refractivity contribution in [2.45, 2.75) is 26.1 Å². The van der Waals surface area contributed by atoms with Gasteiger partial charge in [-0.15, -0.1) is 0 Å². The Labute approximate surface area is 135 Å². The SMILES string of the molecule is CC(=O)c1cnc(O[C@@H](C)C(F)(F)F)c(-c2ccc(Cl)cc2)n1. The molecule has 0 fully saturated rings. The van der Waals surface area contributed by atoms with E-state index < -0.39 is 12.3 Å². The molecule has 4 nitrogen and oxygen atoms in total. The van der Waals surface area contributed by atoms with E-state index in [9.17, 15) is 18.0 Å². The molecular formula is C15H12ClF3N2O2. The number of alkyl halides is 3. The highest BCUT2D eigenvalue weighted by Gasteiger charge is 2.39. The molecule has 0 aliphatic carbocycles.